The molecule has 0 spiro atoms. The van der Waals surface area contributed by atoms with Crippen molar-refractivity contribution >= 4 is 42.6 Å². The Morgan fingerprint density at radius 3 is 2.33 bits per heavy atom. The summed E-state index contributed by atoms with van der Waals surface area (Å²) >= 11 is 1.12. The second kappa shape index (κ2) is 14.1. The highest BCUT2D eigenvalue weighted by Crippen LogP contribution is 2.37. The van der Waals surface area contributed by atoms with Gasteiger partial charge in [0.2, 0.25) is 11.7 Å². The zero-order valence-corrected chi connectivity index (χ0v) is 27.2. The number of rotatable bonds is 10. The SMILES string of the molecule is COC(=O)/N=C(\SC)C(=Nc1ccc(-c2noc(C)n2)cc1)c1cc(OC)c(OCCO[Si](C)(C)C(C)(C)C)cc1F. The van der Waals surface area contributed by atoms with Crippen LogP contribution in [-0.4, -0.2) is 69.0 Å². The number of methoxy groups -OCH3 is 2. The van der Waals surface area contributed by atoms with Crippen molar-refractivity contribution in [2.24, 2.45) is 9.98 Å². The third-order valence-corrected chi connectivity index (χ3v) is 12.0. The lowest BCUT2D eigenvalue weighted by Gasteiger charge is -2.36. The summed E-state index contributed by atoms with van der Waals surface area (Å²) in [6.45, 7) is 13.1. The van der Waals surface area contributed by atoms with Crippen molar-refractivity contribution in [3.05, 3.63) is 53.7 Å². The third kappa shape index (κ3) is 8.26. The van der Waals surface area contributed by atoms with Gasteiger partial charge in [-0.05, 0) is 54.7 Å². The number of nitrogens with zero attached hydrogens (tertiary/aromatic N) is 4. The summed E-state index contributed by atoms with van der Waals surface area (Å²) in [4.78, 5) is 24.9. The maximum absolute atomic E-state index is 15.7. The molecular formula is C29H37FN4O6SSi. The molecule has 0 saturated carbocycles. The van der Waals surface area contributed by atoms with Gasteiger partial charge in [-0.25, -0.2) is 14.2 Å². The summed E-state index contributed by atoms with van der Waals surface area (Å²) in [6.07, 6.45) is 0.859. The first-order valence-electron chi connectivity index (χ1n) is 13.1. The molecule has 3 rings (SSSR count). The number of ether oxygens (including phenoxy) is 3. The van der Waals surface area contributed by atoms with Gasteiger partial charge in [0.15, 0.2) is 19.8 Å². The Morgan fingerprint density at radius 1 is 1.10 bits per heavy atom. The number of aryl methyl sites for hydroxylation is 1. The monoisotopic (exact) mass is 616 g/mol. The zero-order chi connectivity index (χ0) is 31.1. The third-order valence-electron chi connectivity index (χ3n) is 6.78. The molecule has 10 nitrogen and oxygen atoms in total. The smallest absolute Gasteiger partial charge is 0.434 e. The first kappa shape index (κ1) is 33.0. The molecule has 1 aromatic heterocycles. The maximum Gasteiger partial charge on any atom is 0.434 e. The van der Waals surface area contributed by atoms with E-state index in [1.165, 1.54) is 26.4 Å². The van der Waals surface area contributed by atoms with Gasteiger partial charge in [0.25, 0.3) is 0 Å². The molecule has 0 aliphatic heterocycles. The van der Waals surface area contributed by atoms with E-state index in [-0.39, 0.29) is 39.5 Å². The fraction of sp³-hybridized carbons (Fsp3) is 0.414. The molecule has 0 aliphatic carbocycles. The Bertz CT molecular complexity index is 1450. The van der Waals surface area contributed by atoms with Crippen LogP contribution in [0.4, 0.5) is 14.9 Å². The number of amides is 1. The molecule has 0 atom stereocenters. The van der Waals surface area contributed by atoms with E-state index in [0.29, 0.717) is 29.6 Å². The van der Waals surface area contributed by atoms with Gasteiger partial charge in [0, 0.05) is 24.1 Å². The van der Waals surface area contributed by atoms with Gasteiger partial charge in [0.05, 0.1) is 26.5 Å². The molecule has 1 heterocycles. The highest BCUT2D eigenvalue weighted by molar-refractivity contribution is 8.15. The van der Waals surface area contributed by atoms with Crippen molar-refractivity contribution in [2.75, 3.05) is 33.7 Å². The predicted molar refractivity (Wildman–Crippen MR) is 166 cm³/mol. The molecule has 0 bridgehead atoms. The van der Waals surface area contributed by atoms with E-state index in [4.69, 9.17) is 23.2 Å². The summed E-state index contributed by atoms with van der Waals surface area (Å²) < 4.78 is 43.1. The van der Waals surface area contributed by atoms with Crippen molar-refractivity contribution < 1.29 is 32.3 Å². The largest absolute Gasteiger partial charge is 0.493 e. The maximum atomic E-state index is 15.7. The Kier molecular flexibility index (Phi) is 11.0. The number of carbonyl (C=O) groups is 1. The predicted octanol–water partition coefficient (Wildman–Crippen LogP) is 7.24. The van der Waals surface area contributed by atoms with Crippen LogP contribution in [0.5, 0.6) is 11.5 Å². The molecule has 1 amide bonds. The first-order valence-corrected chi connectivity index (χ1v) is 17.3. The second-order valence-corrected chi connectivity index (χ2v) is 16.3. The van der Waals surface area contributed by atoms with Gasteiger partial charge in [-0.2, -0.15) is 9.98 Å². The molecule has 0 fully saturated rings. The first-order chi connectivity index (χ1) is 19.8. The molecule has 0 aliphatic rings. The molecule has 3 aromatic rings. The van der Waals surface area contributed by atoms with E-state index in [2.05, 4.69) is 54.0 Å². The normalized spacial score (nSPS) is 12.8. The lowest BCUT2D eigenvalue weighted by Crippen LogP contribution is -2.41. The number of carbonyl (C=O) groups excluding carboxylic acids is 1. The van der Waals surface area contributed by atoms with Crippen LogP contribution in [0.2, 0.25) is 18.1 Å². The molecule has 42 heavy (non-hydrogen) atoms. The van der Waals surface area contributed by atoms with E-state index in [1.54, 1.807) is 37.4 Å². The molecule has 13 heteroatoms. The van der Waals surface area contributed by atoms with Crippen molar-refractivity contribution in [3.8, 4) is 22.9 Å². The Morgan fingerprint density at radius 2 is 1.79 bits per heavy atom. The number of benzene rings is 2. The second-order valence-electron chi connectivity index (χ2n) is 10.7. The van der Waals surface area contributed by atoms with Crippen LogP contribution in [0, 0.1) is 12.7 Å². The van der Waals surface area contributed by atoms with Gasteiger partial charge >= 0.3 is 6.09 Å². The fourth-order valence-electron chi connectivity index (χ4n) is 3.43. The minimum Gasteiger partial charge on any atom is -0.493 e. The van der Waals surface area contributed by atoms with Crippen molar-refractivity contribution in [2.45, 2.75) is 45.8 Å². The minimum atomic E-state index is -1.96. The summed E-state index contributed by atoms with van der Waals surface area (Å²) in [7, 11) is 0.715. The van der Waals surface area contributed by atoms with Crippen LogP contribution in [-0.2, 0) is 9.16 Å². The topological polar surface area (TPSA) is 118 Å². The van der Waals surface area contributed by atoms with Gasteiger partial charge in [-0.15, -0.1) is 11.8 Å². The van der Waals surface area contributed by atoms with Crippen LogP contribution in [0.15, 0.2) is 50.9 Å². The molecular weight excluding hydrogens is 579 g/mol. The number of thioether (sulfide) groups is 1. The average Bonchev–Trinajstić information content (AvgIpc) is 3.39. The van der Waals surface area contributed by atoms with Crippen molar-refractivity contribution in [1.82, 2.24) is 10.1 Å². The van der Waals surface area contributed by atoms with Crippen LogP contribution < -0.4 is 9.47 Å². The Hall–Kier alpha value is -3.55. The molecule has 0 unspecified atom stereocenters. The lowest BCUT2D eigenvalue weighted by molar-refractivity contribution is 0.183. The summed E-state index contributed by atoms with van der Waals surface area (Å²) in [5.74, 6) is 0.736. The highest BCUT2D eigenvalue weighted by Gasteiger charge is 2.37. The molecule has 2 aromatic carbocycles. The molecule has 226 valence electrons. The lowest BCUT2D eigenvalue weighted by atomic mass is 10.1. The minimum absolute atomic E-state index is 0.0569. The fourth-order valence-corrected chi connectivity index (χ4v) is 4.97. The summed E-state index contributed by atoms with van der Waals surface area (Å²) in [5, 5.41) is 4.13. The Labute approximate surface area is 250 Å². The number of hydrogen-bond donors (Lipinski definition) is 0. The molecule has 0 radical (unpaired) electrons. The molecule has 0 saturated heterocycles. The van der Waals surface area contributed by atoms with E-state index >= 15 is 4.39 Å². The van der Waals surface area contributed by atoms with Gasteiger partial charge in [0.1, 0.15) is 23.2 Å². The van der Waals surface area contributed by atoms with E-state index < -0.39 is 20.2 Å². The van der Waals surface area contributed by atoms with Crippen LogP contribution in [0.1, 0.15) is 32.2 Å². The molecule has 0 N–H and O–H groups in total. The number of aromatic nitrogens is 2. The Balaban J connectivity index is 1.97. The van der Waals surface area contributed by atoms with Gasteiger partial charge in [-0.1, -0.05) is 25.9 Å². The van der Waals surface area contributed by atoms with Crippen molar-refractivity contribution in [3.63, 3.8) is 0 Å². The van der Waals surface area contributed by atoms with Crippen LogP contribution in [0.3, 0.4) is 0 Å². The average molecular weight is 617 g/mol. The van der Waals surface area contributed by atoms with E-state index in [1.807, 2.05) is 0 Å². The highest BCUT2D eigenvalue weighted by atomic mass is 32.2. The standard InChI is InChI=1S/C29H37FN4O6SSi/c1-18-31-26(34-40-18)19-10-12-20(13-11-19)32-25(27(41-7)33-28(35)37-6)21-16-23(36-5)24(17-22(21)30)38-14-15-39-42(8,9)29(2,3)4/h10-13,16-17H,14-15H2,1-9H3/b32-25?,33-27-. The van der Waals surface area contributed by atoms with E-state index in [9.17, 15) is 4.79 Å². The van der Waals surface area contributed by atoms with Crippen molar-refractivity contribution in [1.29, 1.82) is 0 Å². The number of halogens is 1. The van der Waals surface area contributed by atoms with Crippen LogP contribution in [0.25, 0.3) is 11.4 Å². The van der Waals surface area contributed by atoms with Gasteiger partial charge < -0.3 is 23.2 Å². The van der Waals surface area contributed by atoms with Crippen LogP contribution >= 0.6 is 11.8 Å². The number of aliphatic imine (C=N–C) groups is 2. The van der Waals surface area contributed by atoms with Gasteiger partial charge in [-0.3, -0.25) is 0 Å². The zero-order valence-electron chi connectivity index (χ0n) is 25.4. The summed E-state index contributed by atoms with van der Waals surface area (Å²) in [6, 6.07) is 9.65. The summed E-state index contributed by atoms with van der Waals surface area (Å²) in [5.41, 5.74) is 1.36. The van der Waals surface area contributed by atoms with E-state index in [0.717, 1.165) is 11.8 Å². The quantitative estimate of drug-likeness (QED) is 0.100. The number of hydrogen-bond acceptors (Lipinski definition) is 10.